The fraction of sp³-hybridized carbons (Fsp3) is 0.462. The minimum atomic E-state index is -3.35. The van der Waals surface area contributed by atoms with Crippen LogP contribution in [-0.2, 0) is 9.53 Å². The van der Waals surface area contributed by atoms with Crippen LogP contribution in [0.1, 0.15) is 24.9 Å². The molecule has 0 saturated carbocycles. The molecule has 0 amide bonds. The van der Waals surface area contributed by atoms with Crippen LogP contribution < -0.4 is 5.32 Å². The van der Waals surface area contributed by atoms with Gasteiger partial charge in [0.1, 0.15) is 6.10 Å². The molecule has 1 aliphatic rings. The number of rotatable bonds is 4. The van der Waals surface area contributed by atoms with Crippen molar-refractivity contribution >= 4 is 17.6 Å². The summed E-state index contributed by atoms with van der Waals surface area (Å²) in [6.07, 6.45) is -1.34. The summed E-state index contributed by atoms with van der Waals surface area (Å²) in [5, 5.41) is 3.70. The second-order valence-corrected chi connectivity index (χ2v) is 5.05. The average molecular weight is 290 g/mol. The highest BCUT2D eigenvalue weighted by Gasteiger charge is 2.50. The molecule has 1 aromatic rings. The van der Waals surface area contributed by atoms with E-state index in [1.807, 2.05) is 19.1 Å². The van der Waals surface area contributed by atoms with E-state index >= 15 is 0 Å². The summed E-state index contributed by atoms with van der Waals surface area (Å²) in [5.41, 5.74) is 0.987. The smallest absolute Gasteiger partial charge is 0.377 e. The van der Waals surface area contributed by atoms with Gasteiger partial charge in [-0.3, -0.25) is 0 Å². The number of ether oxygens (including phenoxy) is 1. The van der Waals surface area contributed by atoms with E-state index in [0.717, 1.165) is 5.56 Å². The van der Waals surface area contributed by atoms with Gasteiger partial charge in [-0.15, -0.1) is 0 Å². The SMILES string of the molecule is C[C@@H](NCC1CC(F)(F)C(=O)O1)c1ccc(Cl)cc1. The van der Waals surface area contributed by atoms with Crippen molar-refractivity contribution in [1.82, 2.24) is 5.32 Å². The third kappa shape index (κ3) is 3.42. The van der Waals surface area contributed by atoms with E-state index < -0.39 is 24.4 Å². The second-order valence-electron chi connectivity index (χ2n) is 4.62. The normalized spacial score (nSPS) is 23.2. The summed E-state index contributed by atoms with van der Waals surface area (Å²) in [6, 6.07) is 7.20. The van der Waals surface area contributed by atoms with Crippen LogP contribution in [0.25, 0.3) is 0 Å². The van der Waals surface area contributed by atoms with Gasteiger partial charge in [0.2, 0.25) is 0 Å². The summed E-state index contributed by atoms with van der Waals surface area (Å²) < 4.78 is 30.5. The average Bonchev–Trinajstić information content (AvgIpc) is 2.61. The van der Waals surface area contributed by atoms with Crippen LogP contribution in [0.5, 0.6) is 0 Å². The van der Waals surface area contributed by atoms with Crippen LogP contribution in [0.2, 0.25) is 5.02 Å². The first-order chi connectivity index (χ1) is 8.88. The molecule has 1 saturated heterocycles. The largest absolute Gasteiger partial charge is 0.456 e. The number of alkyl halides is 2. The van der Waals surface area contributed by atoms with Gasteiger partial charge in [-0.05, 0) is 24.6 Å². The summed E-state index contributed by atoms with van der Waals surface area (Å²) >= 11 is 5.78. The van der Waals surface area contributed by atoms with E-state index in [9.17, 15) is 13.6 Å². The molecule has 1 aliphatic heterocycles. The summed E-state index contributed by atoms with van der Waals surface area (Å²) in [4.78, 5) is 10.8. The molecule has 3 nitrogen and oxygen atoms in total. The topological polar surface area (TPSA) is 38.3 Å². The number of carbonyl (C=O) groups is 1. The lowest BCUT2D eigenvalue weighted by atomic mass is 10.1. The van der Waals surface area contributed by atoms with E-state index in [1.165, 1.54) is 0 Å². The second kappa shape index (κ2) is 5.43. The summed E-state index contributed by atoms with van der Waals surface area (Å²) in [7, 11) is 0. The lowest BCUT2D eigenvalue weighted by molar-refractivity contribution is -0.159. The minimum absolute atomic E-state index is 0.0369. The van der Waals surface area contributed by atoms with E-state index in [0.29, 0.717) is 5.02 Å². The highest BCUT2D eigenvalue weighted by molar-refractivity contribution is 6.30. The number of hydrogen-bond acceptors (Lipinski definition) is 3. The molecule has 2 atom stereocenters. The van der Waals surface area contributed by atoms with Gasteiger partial charge >= 0.3 is 11.9 Å². The first kappa shape index (κ1) is 14.2. The maximum absolute atomic E-state index is 13.0. The Kier molecular flexibility index (Phi) is 4.06. The predicted molar refractivity (Wildman–Crippen MR) is 67.3 cm³/mol. The van der Waals surface area contributed by atoms with Crippen molar-refractivity contribution in [2.45, 2.75) is 31.4 Å². The number of hydrogen-bond donors (Lipinski definition) is 1. The standard InChI is InChI=1S/C13H14ClF2NO2/c1-8(9-2-4-10(14)5-3-9)17-7-11-6-13(15,16)12(18)19-11/h2-5,8,11,17H,6-7H2,1H3/t8-,11?/m1/s1. The van der Waals surface area contributed by atoms with Crippen molar-refractivity contribution in [3.8, 4) is 0 Å². The Hall–Kier alpha value is -1.20. The first-order valence-electron chi connectivity index (χ1n) is 5.96. The molecule has 1 heterocycles. The van der Waals surface area contributed by atoms with Crippen LogP contribution in [0, 0.1) is 0 Å². The van der Waals surface area contributed by atoms with Gasteiger partial charge < -0.3 is 10.1 Å². The van der Waals surface area contributed by atoms with Crippen LogP contribution in [0.4, 0.5) is 8.78 Å². The molecule has 1 N–H and O–H groups in total. The molecular weight excluding hydrogens is 276 g/mol. The van der Waals surface area contributed by atoms with Gasteiger partial charge in [-0.2, -0.15) is 8.78 Å². The zero-order chi connectivity index (χ0) is 14.0. The van der Waals surface area contributed by atoms with Crippen molar-refractivity contribution in [3.63, 3.8) is 0 Å². The highest BCUT2D eigenvalue weighted by Crippen LogP contribution is 2.30. The van der Waals surface area contributed by atoms with Crippen LogP contribution in [-0.4, -0.2) is 24.5 Å². The Balaban J connectivity index is 1.86. The van der Waals surface area contributed by atoms with Gasteiger partial charge in [-0.1, -0.05) is 23.7 Å². The zero-order valence-electron chi connectivity index (χ0n) is 10.3. The van der Waals surface area contributed by atoms with Crippen molar-refractivity contribution in [2.24, 2.45) is 0 Å². The lowest BCUT2D eigenvalue weighted by Crippen LogP contribution is -2.29. The molecule has 0 aromatic heterocycles. The van der Waals surface area contributed by atoms with E-state index in [-0.39, 0.29) is 12.6 Å². The monoisotopic (exact) mass is 289 g/mol. The number of benzene rings is 1. The molecule has 1 fully saturated rings. The molecular formula is C13H14ClF2NO2. The third-order valence-corrected chi connectivity index (χ3v) is 3.33. The number of halogens is 3. The highest BCUT2D eigenvalue weighted by atomic mass is 35.5. The summed E-state index contributed by atoms with van der Waals surface area (Å²) in [6.45, 7) is 2.10. The van der Waals surface area contributed by atoms with Crippen molar-refractivity contribution in [1.29, 1.82) is 0 Å². The zero-order valence-corrected chi connectivity index (χ0v) is 11.1. The Morgan fingerprint density at radius 3 is 2.63 bits per heavy atom. The molecule has 0 bridgehead atoms. The van der Waals surface area contributed by atoms with Gasteiger partial charge in [-0.25, -0.2) is 4.79 Å². The molecule has 0 spiro atoms. The molecule has 19 heavy (non-hydrogen) atoms. The van der Waals surface area contributed by atoms with Gasteiger partial charge in [0.15, 0.2) is 0 Å². The maximum Gasteiger partial charge on any atom is 0.377 e. The van der Waals surface area contributed by atoms with E-state index in [4.69, 9.17) is 11.6 Å². The number of nitrogens with one attached hydrogen (secondary N) is 1. The van der Waals surface area contributed by atoms with Crippen LogP contribution in [0.3, 0.4) is 0 Å². The quantitative estimate of drug-likeness (QED) is 0.866. The lowest BCUT2D eigenvalue weighted by Gasteiger charge is -2.16. The number of carbonyl (C=O) groups excluding carboxylic acids is 1. The molecule has 2 rings (SSSR count). The molecule has 6 heteroatoms. The molecule has 1 unspecified atom stereocenters. The van der Waals surface area contributed by atoms with Gasteiger partial charge in [0.25, 0.3) is 0 Å². The van der Waals surface area contributed by atoms with Gasteiger partial charge in [0.05, 0.1) is 6.42 Å². The van der Waals surface area contributed by atoms with Crippen molar-refractivity contribution in [2.75, 3.05) is 6.54 Å². The van der Waals surface area contributed by atoms with E-state index in [1.54, 1.807) is 12.1 Å². The Morgan fingerprint density at radius 1 is 1.47 bits per heavy atom. The molecule has 104 valence electrons. The predicted octanol–water partition coefficient (Wildman–Crippen LogP) is 2.94. The summed E-state index contributed by atoms with van der Waals surface area (Å²) in [5.74, 6) is -4.78. The Bertz CT molecular complexity index is 464. The van der Waals surface area contributed by atoms with Crippen molar-refractivity contribution < 1.29 is 18.3 Å². The van der Waals surface area contributed by atoms with Crippen LogP contribution in [0.15, 0.2) is 24.3 Å². The molecule has 0 aliphatic carbocycles. The Labute approximate surface area is 114 Å². The minimum Gasteiger partial charge on any atom is -0.456 e. The first-order valence-corrected chi connectivity index (χ1v) is 6.34. The number of esters is 1. The van der Waals surface area contributed by atoms with Crippen molar-refractivity contribution in [3.05, 3.63) is 34.9 Å². The Morgan fingerprint density at radius 2 is 2.11 bits per heavy atom. The maximum atomic E-state index is 13.0. The third-order valence-electron chi connectivity index (χ3n) is 3.08. The molecule has 1 aromatic carbocycles. The van der Waals surface area contributed by atoms with Crippen LogP contribution >= 0.6 is 11.6 Å². The fourth-order valence-corrected chi connectivity index (χ4v) is 2.07. The van der Waals surface area contributed by atoms with E-state index in [2.05, 4.69) is 10.1 Å². The van der Waals surface area contributed by atoms with Gasteiger partial charge in [0, 0.05) is 17.6 Å². The fourth-order valence-electron chi connectivity index (χ4n) is 1.94. The number of cyclic esters (lactones) is 1. The molecule has 0 radical (unpaired) electrons.